The van der Waals surface area contributed by atoms with Crippen molar-refractivity contribution in [3.05, 3.63) is 64.4 Å². The smallest absolute Gasteiger partial charge is 0.254 e. The summed E-state index contributed by atoms with van der Waals surface area (Å²) in [6.07, 6.45) is 0. The van der Waals surface area contributed by atoms with E-state index in [9.17, 15) is 14.0 Å². The molecule has 25 heavy (non-hydrogen) atoms. The summed E-state index contributed by atoms with van der Waals surface area (Å²) in [7, 11) is 0. The van der Waals surface area contributed by atoms with Crippen LogP contribution in [0.2, 0.25) is 5.02 Å². The number of piperazine rings is 1. The third kappa shape index (κ3) is 3.24. The highest BCUT2D eigenvalue weighted by atomic mass is 35.5. The van der Waals surface area contributed by atoms with Crippen molar-refractivity contribution in [3.8, 4) is 0 Å². The van der Waals surface area contributed by atoms with Gasteiger partial charge in [0.1, 0.15) is 11.9 Å². The molecule has 0 aromatic heterocycles. The van der Waals surface area contributed by atoms with E-state index in [2.05, 4.69) is 0 Å². The fourth-order valence-corrected chi connectivity index (χ4v) is 3.20. The van der Waals surface area contributed by atoms with Gasteiger partial charge < -0.3 is 9.80 Å². The lowest BCUT2D eigenvalue weighted by atomic mass is 10.1. The number of anilines is 1. The Labute approximate surface area is 150 Å². The average Bonchev–Trinajstić information content (AvgIpc) is 2.60. The molecule has 2 aromatic rings. The minimum absolute atomic E-state index is 0.160. The molecule has 0 spiro atoms. The lowest BCUT2D eigenvalue weighted by molar-refractivity contribution is -0.124. The van der Waals surface area contributed by atoms with E-state index in [1.54, 1.807) is 24.0 Å². The number of nitrogens with zero attached hydrogens (tertiary/aromatic N) is 2. The molecule has 1 atom stereocenters. The highest BCUT2D eigenvalue weighted by Gasteiger charge is 2.35. The molecule has 0 bridgehead atoms. The Balaban J connectivity index is 1.83. The van der Waals surface area contributed by atoms with Gasteiger partial charge in [-0.1, -0.05) is 17.7 Å². The molecule has 0 aliphatic carbocycles. The molecule has 1 heterocycles. The minimum atomic E-state index is -0.607. The summed E-state index contributed by atoms with van der Waals surface area (Å²) < 4.78 is 13.0. The second-order valence-electron chi connectivity index (χ2n) is 6.06. The zero-order chi connectivity index (χ0) is 18.1. The van der Waals surface area contributed by atoms with Crippen LogP contribution in [0, 0.1) is 12.7 Å². The van der Waals surface area contributed by atoms with E-state index in [-0.39, 0.29) is 11.8 Å². The van der Waals surface area contributed by atoms with Crippen LogP contribution in [0.5, 0.6) is 0 Å². The van der Waals surface area contributed by atoms with Crippen molar-refractivity contribution < 1.29 is 14.0 Å². The van der Waals surface area contributed by atoms with Crippen molar-refractivity contribution in [2.45, 2.75) is 19.9 Å². The maximum absolute atomic E-state index is 13.0. The number of rotatable bonds is 2. The van der Waals surface area contributed by atoms with Crippen LogP contribution in [-0.4, -0.2) is 35.8 Å². The largest absolute Gasteiger partial charge is 0.325 e. The summed E-state index contributed by atoms with van der Waals surface area (Å²) in [4.78, 5) is 28.6. The van der Waals surface area contributed by atoms with Crippen LogP contribution in [0.15, 0.2) is 42.5 Å². The summed E-state index contributed by atoms with van der Waals surface area (Å²) in [5.41, 5.74) is 1.97. The second-order valence-corrected chi connectivity index (χ2v) is 6.46. The Morgan fingerprint density at radius 1 is 1.16 bits per heavy atom. The Kier molecular flexibility index (Phi) is 4.77. The SMILES string of the molecule is Cc1c(Cl)cccc1N1CCN(C(=O)c2ccc(F)cc2)C(C)C1=O. The highest BCUT2D eigenvalue weighted by molar-refractivity contribution is 6.31. The molecule has 1 aliphatic heterocycles. The van der Waals surface area contributed by atoms with Crippen molar-refractivity contribution in [2.24, 2.45) is 0 Å². The van der Waals surface area contributed by atoms with Crippen LogP contribution in [0.1, 0.15) is 22.8 Å². The maximum atomic E-state index is 13.0. The molecule has 3 rings (SSSR count). The monoisotopic (exact) mass is 360 g/mol. The van der Waals surface area contributed by atoms with Gasteiger partial charge in [0.15, 0.2) is 0 Å². The zero-order valence-corrected chi connectivity index (χ0v) is 14.8. The Bertz CT molecular complexity index is 823. The second kappa shape index (κ2) is 6.84. The van der Waals surface area contributed by atoms with Gasteiger partial charge in [0.05, 0.1) is 0 Å². The molecule has 1 aliphatic rings. The molecule has 0 N–H and O–H groups in total. The molecule has 1 fully saturated rings. The van der Waals surface area contributed by atoms with Gasteiger partial charge in [-0.05, 0) is 55.8 Å². The van der Waals surface area contributed by atoms with Crippen LogP contribution < -0.4 is 4.90 Å². The van der Waals surface area contributed by atoms with Gasteiger partial charge in [-0.2, -0.15) is 0 Å². The summed E-state index contributed by atoms with van der Waals surface area (Å²) in [5.74, 6) is -0.836. The number of carbonyl (C=O) groups is 2. The van der Waals surface area contributed by atoms with Gasteiger partial charge in [0.25, 0.3) is 5.91 Å². The highest BCUT2D eigenvalue weighted by Crippen LogP contribution is 2.29. The molecule has 6 heteroatoms. The third-order valence-corrected chi connectivity index (χ3v) is 4.95. The van der Waals surface area contributed by atoms with Crippen LogP contribution in [-0.2, 0) is 4.79 Å². The predicted molar refractivity (Wildman–Crippen MR) is 95.4 cm³/mol. The normalized spacial score (nSPS) is 17.8. The molecule has 130 valence electrons. The van der Waals surface area contributed by atoms with Crippen molar-refractivity contribution in [1.29, 1.82) is 0 Å². The Morgan fingerprint density at radius 2 is 1.84 bits per heavy atom. The quantitative estimate of drug-likeness (QED) is 0.820. The molecule has 0 saturated carbocycles. The predicted octanol–water partition coefficient (Wildman–Crippen LogP) is 3.67. The Morgan fingerprint density at radius 3 is 2.52 bits per heavy atom. The van der Waals surface area contributed by atoms with Crippen LogP contribution >= 0.6 is 11.6 Å². The van der Waals surface area contributed by atoms with Crippen LogP contribution in [0.3, 0.4) is 0 Å². The number of hydrogen-bond acceptors (Lipinski definition) is 2. The first kappa shape index (κ1) is 17.4. The molecule has 2 aromatic carbocycles. The number of halogens is 2. The summed E-state index contributed by atoms with van der Waals surface area (Å²) in [5, 5.41) is 0.600. The van der Waals surface area contributed by atoms with Gasteiger partial charge in [-0.25, -0.2) is 4.39 Å². The lowest BCUT2D eigenvalue weighted by Gasteiger charge is -2.39. The first-order chi connectivity index (χ1) is 11.9. The zero-order valence-electron chi connectivity index (χ0n) is 14.0. The van der Waals surface area contributed by atoms with Gasteiger partial charge in [0.2, 0.25) is 5.91 Å². The number of carbonyl (C=O) groups excluding carboxylic acids is 2. The maximum Gasteiger partial charge on any atom is 0.254 e. The van der Waals surface area contributed by atoms with E-state index < -0.39 is 11.9 Å². The summed E-state index contributed by atoms with van der Waals surface area (Å²) >= 11 is 6.16. The number of amides is 2. The fraction of sp³-hybridized carbons (Fsp3) is 0.263. The van der Waals surface area contributed by atoms with Gasteiger partial charge in [0, 0.05) is 29.4 Å². The number of hydrogen-bond donors (Lipinski definition) is 0. The van der Waals surface area contributed by atoms with Crippen LogP contribution in [0.25, 0.3) is 0 Å². The fourth-order valence-electron chi connectivity index (χ4n) is 3.03. The van der Waals surface area contributed by atoms with E-state index in [0.717, 1.165) is 11.3 Å². The molecule has 1 saturated heterocycles. The Hall–Kier alpha value is -2.40. The molecule has 2 amide bonds. The van der Waals surface area contributed by atoms with Gasteiger partial charge in [-0.3, -0.25) is 9.59 Å². The summed E-state index contributed by atoms with van der Waals surface area (Å²) in [6.45, 7) is 4.35. The lowest BCUT2D eigenvalue weighted by Crippen LogP contribution is -2.58. The van der Waals surface area contributed by atoms with Crippen molar-refractivity contribution in [3.63, 3.8) is 0 Å². The molecular formula is C19H18ClFN2O2. The first-order valence-electron chi connectivity index (χ1n) is 8.03. The average molecular weight is 361 g/mol. The third-order valence-electron chi connectivity index (χ3n) is 4.54. The first-order valence-corrected chi connectivity index (χ1v) is 8.41. The molecular weight excluding hydrogens is 343 g/mol. The van der Waals surface area contributed by atoms with Crippen molar-refractivity contribution in [1.82, 2.24) is 4.90 Å². The standard InChI is InChI=1S/C19H18ClFN2O2/c1-12-16(20)4-3-5-17(12)23-11-10-22(13(2)18(23)24)19(25)14-6-8-15(21)9-7-14/h3-9,13H,10-11H2,1-2H3. The minimum Gasteiger partial charge on any atom is -0.325 e. The summed E-state index contributed by atoms with van der Waals surface area (Å²) in [6, 6.07) is 10.2. The van der Waals surface area contributed by atoms with Crippen molar-refractivity contribution >= 4 is 29.1 Å². The van der Waals surface area contributed by atoms with Gasteiger partial charge in [-0.15, -0.1) is 0 Å². The van der Waals surface area contributed by atoms with E-state index in [0.29, 0.717) is 23.7 Å². The molecule has 1 unspecified atom stereocenters. The van der Waals surface area contributed by atoms with E-state index in [1.165, 1.54) is 29.2 Å². The number of benzene rings is 2. The molecule has 4 nitrogen and oxygen atoms in total. The van der Waals surface area contributed by atoms with Gasteiger partial charge >= 0.3 is 0 Å². The molecule has 0 radical (unpaired) electrons. The van der Waals surface area contributed by atoms with Crippen LogP contribution in [0.4, 0.5) is 10.1 Å². The van der Waals surface area contributed by atoms with E-state index in [4.69, 9.17) is 11.6 Å². The topological polar surface area (TPSA) is 40.6 Å². The van der Waals surface area contributed by atoms with E-state index in [1.807, 2.05) is 13.0 Å². The van der Waals surface area contributed by atoms with Crippen molar-refractivity contribution in [2.75, 3.05) is 18.0 Å². The van der Waals surface area contributed by atoms with E-state index >= 15 is 0 Å².